The van der Waals surface area contributed by atoms with Gasteiger partial charge in [-0.15, -0.1) is 0 Å². The van der Waals surface area contributed by atoms with Gasteiger partial charge in [0.25, 0.3) is 0 Å². The Balaban J connectivity index is 1.66. The molecule has 0 spiro atoms. The molecule has 0 saturated heterocycles. The first kappa shape index (κ1) is 17.0. The molecule has 1 heterocycles. The lowest BCUT2D eigenvalue weighted by molar-refractivity contribution is 0.0601. The van der Waals surface area contributed by atoms with Crippen LogP contribution in [0, 0.1) is 0 Å². The van der Waals surface area contributed by atoms with Crippen LogP contribution in [0.2, 0.25) is 0 Å². The average molecular weight is 360 g/mol. The number of anilines is 3. The second kappa shape index (κ2) is 7.45. The summed E-state index contributed by atoms with van der Waals surface area (Å²) in [6.45, 7) is 0. The number of benzene rings is 2. The molecule has 1 aromatic heterocycles. The van der Waals surface area contributed by atoms with Crippen molar-refractivity contribution in [3.8, 4) is 11.4 Å². The Morgan fingerprint density at radius 2 is 1.78 bits per heavy atom. The molecule has 0 unspecified atom stereocenters. The monoisotopic (exact) mass is 360 g/mol. The van der Waals surface area contributed by atoms with E-state index in [-0.39, 0.29) is 5.97 Å². The Hall–Kier alpha value is -3.41. The van der Waals surface area contributed by atoms with E-state index in [0.717, 1.165) is 29.9 Å². The number of hydrogen-bond donors (Lipinski definition) is 2. The zero-order chi connectivity index (χ0) is 18.6. The fourth-order valence-electron chi connectivity index (χ4n) is 2.73. The second-order valence-electron chi connectivity index (χ2n) is 6.44. The standard InChI is InChI=1S/C21H20N4O2/c1-27-21(26)15-8-5-9-17(12-15)23-19-13-18(22-16-10-11-16)24-20(25-19)14-6-3-2-4-7-14/h2-9,12-13,16H,10-11H2,1H3,(H2,22,23,24,25). The largest absolute Gasteiger partial charge is 0.465 e. The molecular formula is C21H20N4O2. The molecule has 136 valence electrons. The minimum atomic E-state index is -0.373. The number of carbonyl (C=O) groups excluding carboxylic acids is 1. The predicted molar refractivity (Wildman–Crippen MR) is 105 cm³/mol. The zero-order valence-electron chi connectivity index (χ0n) is 15.0. The van der Waals surface area contributed by atoms with Crippen molar-refractivity contribution < 1.29 is 9.53 Å². The molecule has 3 aromatic rings. The molecule has 2 aromatic carbocycles. The summed E-state index contributed by atoms with van der Waals surface area (Å²) in [6, 6.07) is 19.4. The maximum absolute atomic E-state index is 11.8. The first-order chi connectivity index (χ1) is 13.2. The number of nitrogens with one attached hydrogen (secondary N) is 2. The number of nitrogens with zero attached hydrogens (tertiary/aromatic N) is 2. The highest BCUT2D eigenvalue weighted by molar-refractivity contribution is 5.90. The van der Waals surface area contributed by atoms with Gasteiger partial charge in [0.2, 0.25) is 0 Å². The van der Waals surface area contributed by atoms with E-state index >= 15 is 0 Å². The van der Waals surface area contributed by atoms with Crippen LogP contribution in [-0.4, -0.2) is 29.1 Å². The highest BCUT2D eigenvalue weighted by atomic mass is 16.5. The summed E-state index contributed by atoms with van der Waals surface area (Å²) in [6.07, 6.45) is 2.32. The fourth-order valence-corrected chi connectivity index (χ4v) is 2.73. The highest BCUT2D eigenvalue weighted by Gasteiger charge is 2.22. The number of methoxy groups -OCH3 is 1. The van der Waals surface area contributed by atoms with Gasteiger partial charge in [-0.05, 0) is 31.0 Å². The molecule has 1 aliphatic carbocycles. The first-order valence-corrected chi connectivity index (χ1v) is 8.88. The van der Waals surface area contributed by atoms with Crippen LogP contribution in [-0.2, 0) is 4.74 Å². The molecule has 4 rings (SSSR count). The molecule has 0 atom stereocenters. The molecule has 1 fully saturated rings. The molecule has 6 nitrogen and oxygen atoms in total. The Morgan fingerprint density at radius 1 is 1.00 bits per heavy atom. The smallest absolute Gasteiger partial charge is 0.337 e. The van der Waals surface area contributed by atoms with E-state index in [1.165, 1.54) is 7.11 Å². The van der Waals surface area contributed by atoms with Crippen molar-refractivity contribution in [2.24, 2.45) is 0 Å². The molecule has 0 amide bonds. The van der Waals surface area contributed by atoms with Gasteiger partial charge in [0.15, 0.2) is 5.82 Å². The minimum absolute atomic E-state index is 0.373. The van der Waals surface area contributed by atoms with Gasteiger partial charge in [-0.3, -0.25) is 0 Å². The number of carbonyl (C=O) groups is 1. The SMILES string of the molecule is COC(=O)c1cccc(Nc2cc(NC3CC3)nc(-c3ccccc3)n2)c1. The predicted octanol–water partition coefficient (Wildman–Crippen LogP) is 4.25. The van der Waals surface area contributed by atoms with Crippen molar-refractivity contribution in [3.05, 3.63) is 66.2 Å². The van der Waals surface area contributed by atoms with Crippen LogP contribution >= 0.6 is 0 Å². The Morgan fingerprint density at radius 3 is 2.52 bits per heavy atom. The molecule has 0 radical (unpaired) electrons. The van der Waals surface area contributed by atoms with E-state index in [1.807, 2.05) is 42.5 Å². The summed E-state index contributed by atoms with van der Waals surface area (Å²) < 4.78 is 4.79. The van der Waals surface area contributed by atoms with Gasteiger partial charge in [0.1, 0.15) is 11.6 Å². The Kier molecular flexibility index (Phi) is 4.70. The minimum Gasteiger partial charge on any atom is -0.465 e. The normalized spacial score (nSPS) is 13.1. The van der Waals surface area contributed by atoms with Crippen LogP contribution in [0.25, 0.3) is 11.4 Å². The van der Waals surface area contributed by atoms with E-state index in [4.69, 9.17) is 4.74 Å². The van der Waals surface area contributed by atoms with Crippen molar-refractivity contribution in [1.82, 2.24) is 9.97 Å². The van der Waals surface area contributed by atoms with Crippen LogP contribution in [0.3, 0.4) is 0 Å². The van der Waals surface area contributed by atoms with Crippen molar-refractivity contribution >= 4 is 23.3 Å². The van der Waals surface area contributed by atoms with Crippen molar-refractivity contribution in [2.45, 2.75) is 18.9 Å². The summed E-state index contributed by atoms with van der Waals surface area (Å²) in [7, 11) is 1.37. The van der Waals surface area contributed by atoms with Gasteiger partial charge in [-0.1, -0.05) is 36.4 Å². The summed E-state index contributed by atoms with van der Waals surface area (Å²) in [5.74, 6) is 1.72. The lowest BCUT2D eigenvalue weighted by atomic mass is 10.2. The number of rotatable bonds is 6. The third-order valence-corrected chi connectivity index (χ3v) is 4.24. The van der Waals surface area contributed by atoms with Crippen molar-refractivity contribution in [1.29, 1.82) is 0 Å². The molecule has 2 N–H and O–H groups in total. The first-order valence-electron chi connectivity index (χ1n) is 8.88. The lowest BCUT2D eigenvalue weighted by Crippen LogP contribution is -2.07. The van der Waals surface area contributed by atoms with Gasteiger partial charge in [-0.25, -0.2) is 14.8 Å². The van der Waals surface area contributed by atoms with Crippen LogP contribution in [0.5, 0.6) is 0 Å². The van der Waals surface area contributed by atoms with E-state index in [1.54, 1.807) is 18.2 Å². The highest BCUT2D eigenvalue weighted by Crippen LogP contribution is 2.27. The maximum atomic E-state index is 11.8. The van der Waals surface area contributed by atoms with E-state index in [2.05, 4.69) is 20.6 Å². The molecule has 1 aliphatic rings. The summed E-state index contributed by atoms with van der Waals surface area (Å²) in [5, 5.41) is 6.69. The Bertz CT molecular complexity index is 955. The summed E-state index contributed by atoms with van der Waals surface area (Å²) >= 11 is 0. The number of ether oxygens (including phenoxy) is 1. The van der Waals surface area contributed by atoms with Crippen molar-refractivity contribution in [3.63, 3.8) is 0 Å². The van der Waals surface area contributed by atoms with Gasteiger partial charge in [-0.2, -0.15) is 0 Å². The third kappa shape index (κ3) is 4.23. The van der Waals surface area contributed by atoms with Crippen LogP contribution in [0.4, 0.5) is 17.3 Å². The average Bonchev–Trinajstić information content (AvgIpc) is 3.52. The quantitative estimate of drug-likeness (QED) is 0.640. The maximum Gasteiger partial charge on any atom is 0.337 e. The molecular weight excluding hydrogens is 340 g/mol. The van der Waals surface area contributed by atoms with Gasteiger partial charge < -0.3 is 15.4 Å². The van der Waals surface area contributed by atoms with Gasteiger partial charge >= 0.3 is 5.97 Å². The van der Waals surface area contributed by atoms with E-state index in [9.17, 15) is 4.79 Å². The second-order valence-corrected chi connectivity index (χ2v) is 6.44. The van der Waals surface area contributed by atoms with Crippen LogP contribution in [0.1, 0.15) is 23.2 Å². The Labute approximate surface area is 157 Å². The fraction of sp³-hybridized carbons (Fsp3) is 0.190. The van der Waals surface area contributed by atoms with Crippen LogP contribution in [0.15, 0.2) is 60.7 Å². The molecule has 6 heteroatoms. The van der Waals surface area contributed by atoms with Gasteiger partial charge in [0.05, 0.1) is 12.7 Å². The van der Waals surface area contributed by atoms with Crippen molar-refractivity contribution in [2.75, 3.05) is 17.7 Å². The summed E-state index contributed by atoms with van der Waals surface area (Å²) in [5.41, 5.74) is 2.19. The lowest BCUT2D eigenvalue weighted by Gasteiger charge is -2.12. The van der Waals surface area contributed by atoms with E-state index < -0.39 is 0 Å². The molecule has 0 bridgehead atoms. The number of hydrogen-bond acceptors (Lipinski definition) is 6. The number of esters is 1. The third-order valence-electron chi connectivity index (χ3n) is 4.24. The van der Waals surface area contributed by atoms with E-state index in [0.29, 0.717) is 23.2 Å². The van der Waals surface area contributed by atoms with Crippen LogP contribution < -0.4 is 10.6 Å². The zero-order valence-corrected chi connectivity index (χ0v) is 15.0. The molecule has 1 saturated carbocycles. The van der Waals surface area contributed by atoms with Gasteiger partial charge in [0, 0.05) is 23.4 Å². The number of aromatic nitrogens is 2. The topological polar surface area (TPSA) is 76.1 Å². The molecule has 0 aliphatic heterocycles. The molecule has 27 heavy (non-hydrogen) atoms. The summed E-state index contributed by atoms with van der Waals surface area (Å²) in [4.78, 5) is 21.0.